The van der Waals surface area contributed by atoms with Crippen LogP contribution in [0.4, 0.5) is 0 Å². The van der Waals surface area contributed by atoms with Crippen LogP contribution >= 0.6 is 0 Å². The summed E-state index contributed by atoms with van der Waals surface area (Å²) >= 11 is 0. The molecule has 0 aromatic carbocycles. The standard InChI is InChI=1S/C9H17N3O/c1-9-10-6-8-12(9)7-4-3-5-11-13-2/h6,8,11H,3-5,7H2,1-2H3. The maximum Gasteiger partial charge on any atom is 0.105 e. The van der Waals surface area contributed by atoms with Gasteiger partial charge in [-0.15, -0.1) is 0 Å². The second-order valence-electron chi connectivity index (χ2n) is 2.97. The molecule has 0 unspecified atom stereocenters. The first-order chi connectivity index (χ1) is 6.34. The summed E-state index contributed by atoms with van der Waals surface area (Å²) in [4.78, 5) is 8.89. The van der Waals surface area contributed by atoms with Crippen molar-refractivity contribution in [3.8, 4) is 0 Å². The number of nitrogens with zero attached hydrogens (tertiary/aromatic N) is 2. The third-order valence-corrected chi connectivity index (χ3v) is 2.00. The minimum atomic E-state index is 0.907. The lowest BCUT2D eigenvalue weighted by Crippen LogP contribution is -2.13. The molecule has 0 aliphatic carbocycles. The van der Waals surface area contributed by atoms with Gasteiger partial charge in [0.05, 0.1) is 7.11 Å². The average Bonchev–Trinajstić information content (AvgIpc) is 2.52. The van der Waals surface area contributed by atoms with Crippen LogP contribution in [0.5, 0.6) is 0 Å². The number of aromatic nitrogens is 2. The van der Waals surface area contributed by atoms with Crippen LogP contribution in [0, 0.1) is 6.92 Å². The minimum Gasteiger partial charge on any atom is -0.335 e. The number of rotatable bonds is 6. The van der Waals surface area contributed by atoms with Gasteiger partial charge in [0.15, 0.2) is 0 Å². The summed E-state index contributed by atoms with van der Waals surface area (Å²) in [6.45, 7) is 3.97. The van der Waals surface area contributed by atoms with Crippen molar-refractivity contribution in [3.63, 3.8) is 0 Å². The van der Waals surface area contributed by atoms with Crippen molar-refractivity contribution in [1.29, 1.82) is 0 Å². The molecule has 13 heavy (non-hydrogen) atoms. The maximum absolute atomic E-state index is 4.73. The minimum absolute atomic E-state index is 0.907. The van der Waals surface area contributed by atoms with Crippen LogP contribution in [-0.2, 0) is 11.4 Å². The lowest BCUT2D eigenvalue weighted by Gasteiger charge is -2.04. The van der Waals surface area contributed by atoms with E-state index in [1.54, 1.807) is 7.11 Å². The molecular formula is C9H17N3O. The highest BCUT2D eigenvalue weighted by Crippen LogP contribution is 1.98. The van der Waals surface area contributed by atoms with Gasteiger partial charge in [-0.3, -0.25) is 0 Å². The number of unbranched alkanes of at least 4 members (excludes halogenated alkanes) is 1. The van der Waals surface area contributed by atoms with Crippen LogP contribution in [0.3, 0.4) is 0 Å². The molecule has 0 amide bonds. The van der Waals surface area contributed by atoms with Gasteiger partial charge in [-0.25, -0.2) is 10.5 Å². The maximum atomic E-state index is 4.73. The lowest BCUT2D eigenvalue weighted by molar-refractivity contribution is 0.0903. The summed E-state index contributed by atoms with van der Waals surface area (Å²) in [7, 11) is 1.64. The van der Waals surface area contributed by atoms with Crippen molar-refractivity contribution in [3.05, 3.63) is 18.2 Å². The molecule has 4 heteroatoms. The lowest BCUT2D eigenvalue weighted by atomic mass is 10.3. The molecule has 0 aliphatic heterocycles. The Morgan fingerprint density at radius 1 is 1.54 bits per heavy atom. The van der Waals surface area contributed by atoms with E-state index in [0.29, 0.717) is 0 Å². The first-order valence-electron chi connectivity index (χ1n) is 4.58. The predicted molar refractivity (Wildman–Crippen MR) is 51.2 cm³/mol. The Bertz CT molecular complexity index is 235. The molecule has 1 aromatic heterocycles. The molecule has 1 N–H and O–H groups in total. The van der Waals surface area contributed by atoms with Crippen molar-refractivity contribution in [2.45, 2.75) is 26.3 Å². The summed E-state index contributed by atoms with van der Waals surface area (Å²) in [6.07, 6.45) is 6.11. The first-order valence-corrected chi connectivity index (χ1v) is 4.58. The second kappa shape index (κ2) is 5.72. The molecule has 1 aromatic rings. The highest BCUT2D eigenvalue weighted by molar-refractivity contribution is 4.87. The van der Waals surface area contributed by atoms with Crippen LogP contribution in [0.1, 0.15) is 18.7 Å². The van der Waals surface area contributed by atoms with E-state index in [0.717, 1.165) is 31.8 Å². The van der Waals surface area contributed by atoms with E-state index in [9.17, 15) is 0 Å². The fraction of sp³-hybridized carbons (Fsp3) is 0.667. The van der Waals surface area contributed by atoms with Gasteiger partial charge in [0.25, 0.3) is 0 Å². The van der Waals surface area contributed by atoms with Crippen LogP contribution in [0.15, 0.2) is 12.4 Å². The van der Waals surface area contributed by atoms with Gasteiger partial charge in [0, 0.05) is 25.5 Å². The zero-order valence-corrected chi connectivity index (χ0v) is 8.29. The summed E-state index contributed by atoms with van der Waals surface area (Å²) in [5, 5.41) is 0. The topological polar surface area (TPSA) is 39.1 Å². The Kier molecular flexibility index (Phi) is 4.49. The van der Waals surface area contributed by atoms with Gasteiger partial charge in [-0.05, 0) is 19.8 Å². The second-order valence-corrected chi connectivity index (χ2v) is 2.97. The number of nitrogens with one attached hydrogen (secondary N) is 1. The summed E-state index contributed by atoms with van der Waals surface area (Å²) in [6, 6.07) is 0. The first kappa shape index (κ1) is 10.2. The Balaban J connectivity index is 2.10. The molecule has 4 nitrogen and oxygen atoms in total. The number of aryl methyl sites for hydroxylation is 2. The van der Waals surface area contributed by atoms with E-state index in [1.165, 1.54) is 0 Å². The molecule has 0 saturated heterocycles. The van der Waals surface area contributed by atoms with E-state index in [1.807, 2.05) is 19.3 Å². The average molecular weight is 183 g/mol. The van der Waals surface area contributed by atoms with Gasteiger partial charge in [-0.2, -0.15) is 0 Å². The van der Waals surface area contributed by atoms with Crippen molar-refractivity contribution >= 4 is 0 Å². The molecule has 1 heterocycles. The molecule has 1 rings (SSSR count). The molecule has 0 spiro atoms. The monoisotopic (exact) mass is 183 g/mol. The highest BCUT2D eigenvalue weighted by Gasteiger charge is 1.95. The van der Waals surface area contributed by atoms with E-state index in [4.69, 9.17) is 4.84 Å². The summed E-state index contributed by atoms with van der Waals surface area (Å²) < 4.78 is 2.16. The smallest absolute Gasteiger partial charge is 0.105 e. The van der Waals surface area contributed by atoms with Gasteiger partial charge >= 0.3 is 0 Å². The third-order valence-electron chi connectivity index (χ3n) is 2.00. The van der Waals surface area contributed by atoms with Gasteiger partial charge in [0.1, 0.15) is 5.82 Å². The van der Waals surface area contributed by atoms with E-state index in [2.05, 4.69) is 15.0 Å². The molecule has 0 aliphatic rings. The van der Waals surface area contributed by atoms with Crippen LogP contribution in [-0.4, -0.2) is 23.2 Å². The molecule has 0 radical (unpaired) electrons. The Hall–Kier alpha value is -0.870. The zero-order valence-electron chi connectivity index (χ0n) is 8.29. The number of hydroxylamine groups is 1. The molecular weight excluding hydrogens is 166 g/mol. The molecule has 0 fully saturated rings. The Labute approximate surface area is 78.9 Å². The number of imidazole rings is 1. The third kappa shape index (κ3) is 3.57. The predicted octanol–water partition coefficient (Wildman–Crippen LogP) is 1.12. The van der Waals surface area contributed by atoms with Crippen LogP contribution < -0.4 is 5.48 Å². The quantitative estimate of drug-likeness (QED) is 0.530. The zero-order chi connectivity index (χ0) is 9.52. The van der Waals surface area contributed by atoms with Crippen molar-refractivity contribution < 1.29 is 4.84 Å². The van der Waals surface area contributed by atoms with Gasteiger partial charge in [-0.1, -0.05) is 0 Å². The van der Waals surface area contributed by atoms with E-state index < -0.39 is 0 Å². The van der Waals surface area contributed by atoms with Gasteiger partial charge in [0.2, 0.25) is 0 Å². The molecule has 0 bridgehead atoms. The molecule has 0 atom stereocenters. The Morgan fingerprint density at radius 2 is 2.38 bits per heavy atom. The summed E-state index contributed by atoms with van der Waals surface area (Å²) in [5.74, 6) is 1.08. The van der Waals surface area contributed by atoms with Gasteiger partial charge < -0.3 is 9.40 Å². The SMILES string of the molecule is CONCCCCn1ccnc1C. The van der Waals surface area contributed by atoms with Crippen molar-refractivity contribution in [1.82, 2.24) is 15.0 Å². The molecule has 0 saturated carbocycles. The van der Waals surface area contributed by atoms with Crippen LogP contribution in [0.2, 0.25) is 0 Å². The number of hydrogen-bond acceptors (Lipinski definition) is 3. The fourth-order valence-electron chi connectivity index (χ4n) is 1.22. The van der Waals surface area contributed by atoms with Crippen LogP contribution in [0.25, 0.3) is 0 Å². The van der Waals surface area contributed by atoms with E-state index >= 15 is 0 Å². The largest absolute Gasteiger partial charge is 0.335 e. The molecule has 74 valence electrons. The van der Waals surface area contributed by atoms with E-state index in [-0.39, 0.29) is 0 Å². The summed E-state index contributed by atoms with van der Waals surface area (Å²) in [5.41, 5.74) is 2.82. The van der Waals surface area contributed by atoms with Crippen molar-refractivity contribution in [2.24, 2.45) is 0 Å². The highest BCUT2D eigenvalue weighted by atomic mass is 16.6. The normalized spacial score (nSPS) is 10.6. The number of hydrogen-bond donors (Lipinski definition) is 1. The Morgan fingerprint density at radius 3 is 3.00 bits per heavy atom. The van der Waals surface area contributed by atoms with Crippen molar-refractivity contribution in [2.75, 3.05) is 13.7 Å². The fourth-order valence-corrected chi connectivity index (χ4v) is 1.22.